The van der Waals surface area contributed by atoms with Gasteiger partial charge in [-0.1, -0.05) is 30.7 Å². The van der Waals surface area contributed by atoms with Crippen LogP contribution in [0.25, 0.3) is 10.9 Å². The van der Waals surface area contributed by atoms with Gasteiger partial charge in [-0.3, -0.25) is 9.78 Å². The van der Waals surface area contributed by atoms with Gasteiger partial charge in [0.2, 0.25) is 9.84 Å². The summed E-state index contributed by atoms with van der Waals surface area (Å²) in [5.41, 5.74) is 1.78. The van der Waals surface area contributed by atoms with E-state index < -0.39 is 15.6 Å². The van der Waals surface area contributed by atoms with Crippen molar-refractivity contribution >= 4 is 38.1 Å². The van der Waals surface area contributed by atoms with Crippen molar-refractivity contribution in [2.75, 3.05) is 6.61 Å². The quantitative estimate of drug-likeness (QED) is 0.308. The fourth-order valence-electron chi connectivity index (χ4n) is 3.64. The Morgan fingerprint density at radius 2 is 1.67 bits per heavy atom. The maximum absolute atomic E-state index is 13.8. The van der Waals surface area contributed by atoms with Gasteiger partial charge in [0.1, 0.15) is 5.75 Å². The van der Waals surface area contributed by atoms with E-state index in [4.69, 9.17) is 16.3 Å². The summed E-state index contributed by atoms with van der Waals surface area (Å²) in [7, 11) is -4.05. The van der Waals surface area contributed by atoms with Crippen molar-refractivity contribution in [1.82, 2.24) is 4.98 Å². The Morgan fingerprint density at radius 1 is 0.970 bits per heavy atom. The van der Waals surface area contributed by atoms with E-state index in [2.05, 4.69) is 4.98 Å². The molecule has 4 rings (SSSR count). The molecule has 0 atom stereocenters. The lowest BCUT2D eigenvalue weighted by molar-refractivity contribution is 0.103. The Hall–Kier alpha value is -3.22. The van der Waals surface area contributed by atoms with E-state index in [1.807, 2.05) is 13.8 Å². The molecule has 0 aliphatic carbocycles. The van der Waals surface area contributed by atoms with Crippen molar-refractivity contribution in [2.24, 2.45) is 0 Å². The SMILES string of the molecule is CCOc1ccc(C(=O)c2cnc3ccc(Cl)cc3c2S(=O)(=O)c2ccc(CC)cc2)cc1. The molecule has 3 aromatic carbocycles. The molecule has 0 unspecified atom stereocenters. The third-order valence-electron chi connectivity index (χ3n) is 5.36. The van der Waals surface area contributed by atoms with Gasteiger partial charge in [0.25, 0.3) is 0 Å². The van der Waals surface area contributed by atoms with Gasteiger partial charge in [-0.25, -0.2) is 8.42 Å². The van der Waals surface area contributed by atoms with Crippen LogP contribution in [-0.2, 0) is 16.3 Å². The number of sulfone groups is 1. The molecule has 0 bridgehead atoms. The number of ketones is 1. The molecule has 0 radical (unpaired) electrons. The number of benzene rings is 3. The predicted octanol–water partition coefficient (Wildman–Crippen LogP) is 5.91. The van der Waals surface area contributed by atoms with Crippen LogP contribution in [0.4, 0.5) is 0 Å². The lowest BCUT2D eigenvalue weighted by atomic mass is 10.0. The smallest absolute Gasteiger partial charge is 0.208 e. The number of pyridine rings is 1. The van der Waals surface area contributed by atoms with Crippen LogP contribution in [0.5, 0.6) is 5.75 Å². The minimum Gasteiger partial charge on any atom is -0.494 e. The summed E-state index contributed by atoms with van der Waals surface area (Å²) in [5, 5.41) is 0.659. The molecule has 7 heteroatoms. The second-order valence-corrected chi connectivity index (χ2v) is 9.77. The van der Waals surface area contributed by atoms with E-state index in [0.29, 0.717) is 33.8 Å². The standard InChI is InChI=1S/C26H22ClNO4S/c1-3-17-5-12-21(13-6-17)33(30,31)26-22-15-19(27)9-14-24(22)28-16-23(26)25(29)18-7-10-20(11-8-18)32-4-2/h5-16H,3-4H2,1-2H3. The summed E-state index contributed by atoms with van der Waals surface area (Å²) in [5.74, 6) is 0.178. The maximum atomic E-state index is 13.8. The summed E-state index contributed by atoms with van der Waals surface area (Å²) in [6, 6.07) is 18.1. The summed E-state index contributed by atoms with van der Waals surface area (Å²) in [4.78, 5) is 17.8. The number of hydrogen-bond donors (Lipinski definition) is 0. The average molecular weight is 480 g/mol. The van der Waals surface area contributed by atoms with Crippen LogP contribution in [0.15, 0.2) is 82.7 Å². The number of aromatic nitrogens is 1. The van der Waals surface area contributed by atoms with Gasteiger partial charge < -0.3 is 4.74 Å². The van der Waals surface area contributed by atoms with E-state index in [9.17, 15) is 13.2 Å². The zero-order valence-electron chi connectivity index (χ0n) is 18.2. The fraction of sp³-hybridized carbons (Fsp3) is 0.154. The third-order valence-corrected chi connectivity index (χ3v) is 7.47. The molecule has 5 nitrogen and oxygen atoms in total. The molecule has 33 heavy (non-hydrogen) atoms. The second kappa shape index (κ2) is 9.33. The minimum absolute atomic E-state index is 0.00602. The Morgan fingerprint density at radius 3 is 2.30 bits per heavy atom. The summed E-state index contributed by atoms with van der Waals surface area (Å²) in [6.07, 6.45) is 2.11. The number of rotatable bonds is 7. The average Bonchev–Trinajstić information content (AvgIpc) is 2.83. The molecule has 0 N–H and O–H groups in total. The monoisotopic (exact) mass is 479 g/mol. The minimum atomic E-state index is -4.05. The van der Waals surface area contributed by atoms with E-state index in [1.165, 1.54) is 12.3 Å². The second-order valence-electron chi connectivity index (χ2n) is 7.45. The van der Waals surface area contributed by atoms with E-state index >= 15 is 0 Å². The molecule has 0 saturated carbocycles. The number of aryl methyl sites for hydroxylation is 1. The van der Waals surface area contributed by atoms with Gasteiger partial charge in [-0.2, -0.15) is 0 Å². The normalized spacial score (nSPS) is 11.5. The van der Waals surface area contributed by atoms with Gasteiger partial charge >= 0.3 is 0 Å². The molecular weight excluding hydrogens is 458 g/mol. The lowest BCUT2D eigenvalue weighted by Crippen LogP contribution is -2.13. The molecule has 0 amide bonds. The van der Waals surface area contributed by atoms with Gasteiger partial charge in [-0.15, -0.1) is 0 Å². The van der Waals surface area contributed by atoms with Crippen LogP contribution < -0.4 is 4.74 Å². The molecule has 0 aliphatic heterocycles. The third kappa shape index (κ3) is 4.49. The number of carbonyl (C=O) groups is 1. The Bertz CT molecular complexity index is 1430. The number of ether oxygens (including phenoxy) is 1. The first-order valence-electron chi connectivity index (χ1n) is 10.5. The number of nitrogens with zero attached hydrogens (tertiary/aromatic N) is 1. The van der Waals surface area contributed by atoms with Crippen molar-refractivity contribution in [3.63, 3.8) is 0 Å². The molecular formula is C26H22ClNO4S. The zero-order chi connectivity index (χ0) is 23.6. The fourth-order valence-corrected chi connectivity index (χ4v) is 5.43. The van der Waals surface area contributed by atoms with Gasteiger partial charge in [-0.05, 0) is 73.5 Å². The van der Waals surface area contributed by atoms with Crippen molar-refractivity contribution in [3.05, 3.63) is 94.6 Å². The van der Waals surface area contributed by atoms with Crippen molar-refractivity contribution in [2.45, 2.75) is 30.1 Å². The highest BCUT2D eigenvalue weighted by Gasteiger charge is 2.28. The molecule has 168 valence electrons. The van der Waals surface area contributed by atoms with Gasteiger partial charge in [0.15, 0.2) is 5.78 Å². The maximum Gasteiger partial charge on any atom is 0.208 e. The van der Waals surface area contributed by atoms with Crippen LogP contribution in [0.3, 0.4) is 0 Å². The van der Waals surface area contributed by atoms with Crippen molar-refractivity contribution in [3.8, 4) is 5.75 Å². The van der Waals surface area contributed by atoms with E-state index in [-0.39, 0.29) is 15.4 Å². The Balaban J connectivity index is 1.93. The lowest BCUT2D eigenvalue weighted by Gasteiger charge is -2.14. The molecule has 0 fully saturated rings. The van der Waals surface area contributed by atoms with Crippen LogP contribution in [-0.4, -0.2) is 25.8 Å². The summed E-state index contributed by atoms with van der Waals surface area (Å²) in [6.45, 7) is 4.37. The van der Waals surface area contributed by atoms with Crippen LogP contribution >= 0.6 is 11.6 Å². The first-order chi connectivity index (χ1) is 15.8. The van der Waals surface area contributed by atoms with Gasteiger partial charge in [0, 0.05) is 22.2 Å². The van der Waals surface area contributed by atoms with Gasteiger partial charge in [0.05, 0.1) is 27.5 Å². The van der Waals surface area contributed by atoms with Crippen LogP contribution in [0.1, 0.15) is 35.3 Å². The number of hydrogen-bond acceptors (Lipinski definition) is 5. The molecule has 0 saturated heterocycles. The zero-order valence-corrected chi connectivity index (χ0v) is 19.8. The summed E-state index contributed by atoms with van der Waals surface area (Å²) < 4.78 is 33.1. The largest absolute Gasteiger partial charge is 0.494 e. The first kappa shape index (κ1) is 23.0. The first-order valence-corrected chi connectivity index (χ1v) is 12.4. The Kier molecular flexibility index (Phi) is 6.49. The number of halogens is 1. The van der Waals surface area contributed by atoms with Crippen molar-refractivity contribution in [1.29, 1.82) is 0 Å². The Labute approximate surface area is 197 Å². The number of carbonyl (C=O) groups excluding carboxylic acids is 1. The molecule has 4 aromatic rings. The highest BCUT2D eigenvalue weighted by atomic mass is 35.5. The molecule has 1 aromatic heterocycles. The molecule has 0 aliphatic rings. The van der Waals surface area contributed by atoms with Crippen molar-refractivity contribution < 1.29 is 17.9 Å². The topological polar surface area (TPSA) is 73.3 Å². The summed E-state index contributed by atoms with van der Waals surface area (Å²) >= 11 is 6.20. The molecule has 0 spiro atoms. The molecule has 1 heterocycles. The van der Waals surface area contributed by atoms with Crippen LogP contribution in [0.2, 0.25) is 5.02 Å². The highest BCUT2D eigenvalue weighted by Crippen LogP contribution is 2.33. The highest BCUT2D eigenvalue weighted by molar-refractivity contribution is 7.91. The number of fused-ring (bicyclic) bond motifs is 1. The van der Waals surface area contributed by atoms with Crippen LogP contribution in [0, 0.1) is 0 Å². The van der Waals surface area contributed by atoms with E-state index in [1.54, 1.807) is 60.7 Å². The predicted molar refractivity (Wildman–Crippen MR) is 129 cm³/mol. The van der Waals surface area contributed by atoms with E-state index in [0.717, 1.165) is 12.0 Å².